The summed E-state index contributed by atoms with van der Waals surface area (Å²) in [5.41, 5.74) is 0.0552. The summed E-state index contributed by atoms with van der Waals surface area (Å²) >= 11 is 7.90. The first-order valence-corrected chi connectivity index (χ1v) is 10.1. The maximum absolute atomic E-state index is 12.4. The molecule has 1 amide bonds. The molecule has 0 bridgehead atoms. The first kappa shape index (κ1) is 18.0. The Morgan fingerprint density at radius 1 is 1.46 bits per heavy atom. The minimum atomic E-state index is -0.334. The van der Waals surface area contributed by atoms with Crippen molar-refractivity contribution in [3.63, 3.8) is 0 Å². The summed E-state index contributed by atoms with van der Waals surface area (Å²) in [5, 5.41) is 13.2. The Morgan fingerprint density at radius 2 is 2.27 bits per heavy atom. The fourth-order valence-electron chi connectivity index (χ4n) is 4.25. The van der Waals surface area contributed by atoms with Gasteiger partial charge in [-0.25, -0.2) is 4.98 Å². The van der Waals surface area contributed by atoms with Gasteiger partial charge in [-0.3, -0.25) is 9.69 Å². The van der Waals surface area contributed by atoms with Gasteiger partial charge in [0.2, 0.25) is 5.76 Å². The summed E-state index contributed by atoms with van der Waals surface area (Å²) in [6, 6.07) is 1.92. The smallest absolute Gasteiger partial charge is 0.291 e. The molecule has 140 valence electrons. The monoisotopic (exact) mass is 395 g/mol. The zero-order valence-corrected chi connectivity index (χ0v) is 16.0. The number of carbonyl (C=O) groups excluding carboxylic acids is 1. The molecule has 0 saturated carbocycles. The van der Waals surface area contributed by atoms with Crippen molar-refractivity contribution >= 4 is 28.8 Å². The van der Waals surface area contributed by atoms with Crippen LogP contribution >= 0.6 is 22.9 Å². The molecule has 0 aromatic carbocycles. The third-order valence-electron chi connectivity index (χ3n) is 5.51. The van der Waals surface area contributed by atoms with Crippen LogP contribution in [0.15, 0.2) is 28.5 Å². The number of thiophene rings is 1. The van der Waals surface area contributed by atoms with E-state index < -0.39 is 0 Å². The topological polar surface area (TPSA) is 69.8 Å². The molecule has 2 fully saturated rings. The third kappa shape index (κ3) is 3.67. The fraction of sp³-hybridized carbons (Fsp3) is 0.556. The molecule has 2 aromatic heterocycles. The second-order valence-corrected chi connectivity index (χ2v) is 8.79. The van der Waals surface area contributed by atoms with E-state index in [4.69, 9.17) is 16.0 Å². The number of hydrogen-bond donors (Lipinski definition) is 1. The number of hydrogen-bond acceptors (Lipinski definition) is 6. The van der Waals surface area contributed by atoms with E-state index >= 15 is 0 Å². The number of carbonyl (C=O) groups is 1. The van der Waals surface area contributed by atoms with E-state index in [0.29, 0.717) is 25.4 Å². The van der Waals surface area contributed by atoms with E-state index in [-0.39, 0.29) is 17.4 Å². The van der Waals surface area contributed by atoms with Crippen LogP contribution in [-0.4, -0.2) is 58.1 Å². The standard InChI is InChI=1S/C18H22ClN3O3S/c19-14-1-6-26-16(14)10-21-9-13(23)7-18(11-21)2-4-22(5-3-18)17(24)15-8-20-12-25-15/h1,6,8,12-13,23H,2-5,7,9-11H2. The number of oxazole rings is 1. The predicted molar refractivity (Wildman–Crippen MR) is 99.3 cm³/mol. The summed E-state index contributed by atoms with van der Waals surface area (Å²) in [7, 11) is 0. The lowest BCUT2D eigenvalue weighted by Gasteiger charge is -2.49. The zero-order chi connectivity index (χ0) is 18.1. The second kappa shape index (κ2) is 7.31. The van der Waals surface area contributed by atoms with Gasteiger partial charge in [-0.05, 0) is 36.1 Å². The van der Waals surface area contributed by atoms with Crippen LogP contribution in [-0.2, 0) is 6.54 Å². The van der Waals surface area contributed by atoms with Gasteiger partial charge in [0.25, 0.3) is 5.91 Å². The predicted octanol–water partition coefficient (Wildman–Crippen LogP) is 2.88. The summed E-state index contributed by atoms with van der Waals surface area (Å²) in [4.78, 5) is 21.5. The minimum Gasteiger partial charge on any atom is -0.438 e. The molecule has 4 rings (SSSR count). The van der Waals surface area contributed by atoms with E-state index in [9.17, 15) is 9.90 Å². The number of halogens is 1. The highest BCUT2D eigenvalue weighted by molar-refractivity contribution is 7.10. The van der Waals surface area contributed by atoms with Crippen molar-refractivity contribution < 1.29 is 14.3 Å². The van der Waals surface area contributed by atoms with Crippen molar-refractivity contribution in [2.75, 3.05) is 26.2 Å². The Balaban J connectivity index is 1.40. The number of piperidine rings is 2. The van der Waals surface area contributed by atoms with Gasteiger partial charge in [-0.1, -0.05) is 11.6 Å². The highest BCUT2D eigenvalue weighted by Gasteiger charge is 2.42. The molecule has 2 saturated heterocycles. The van der Waals surface area contributed by atoms with Crippen LogP contribution in [0.5, 0.6) is 0 Å². The normalized spacial score (nSPS) is 23.5. The lowest BCUT2D eigenvalue weighted by molar-refractivity contribution is -0.0403. The van der Waals surface area contributed by atoms with Gasteiger partial charge in [-0.15, -0.1) is 11.3 Å². The SMILES string of the molecule is O=C(c1cnco1)N1CCC2(CC1)CC(O)CN(Cc1sccc1Cl)C2. The van der Waals surface area contributed by atoms with Gasteiger partial charge >= 0.3 is 0 Å². The minimum absolute atomic E-state index is 0.0552. The first-order valence-electron chi connectivity index (χ1n) is 8.85. The highest BCUT2D eigenvalue weighted by Crippen LogP contribution is 2.41. The van der Waals surface area contributed by atoms with Crippen molar-refractivity contribution in [3.05, 3.63) is 39.7 Å². The number of likely N-dealkylation sites (tertiary alicyclic amines) is 2. The lowest BCUT2D eigenvalue weighted by atomic mass is 9.71. The first-order chi connectivity index (χ1) is 12.5. The van der Waals surface area contributed by atoms with Crippen LogP contribution in [0.2, 0.25) is 5.02 Å². The van der Waals surface area contributed by atoms with Crippen molar-refractivity contribution in [2.45, 2.75) is 31.9 Å². The largest absolute Gasteiger partial charge is 0.438 e. The molecule has 1 atom stereocenters. The van der Waals surface area contributed by atoms with Crippen molar-refractivity contribution in [3.8, 4) is 0 Å². The van der Waals surface area contributed by atoms with E-state index in [1.807, 2.05) is 16.3 Å². The number of β-amino-alcohol motifs (C(OH)–C–C–N with tert-alkyl or cyclic N) is 1. The highest BCUT2D eigenvalue weighted by atomic mass is 35.5. The number of aromatic nitrogens is 1. The number of rotatable bonds is 3. The molecule has 1 N–H and O–H groups in total. The average molecular weight is 396 g/mol. The summed E-state index contributed by atoms with van der Waals surface area (Å²) < 4.78 is 5.13. The van der Waals surface area contributed by atoms with Gasteiger partial charge in [-0.2, -0.15) is 0 Å². The number of nitrogens with zero attached hydrogens (tertiary/aromatic N) is 3. The number of aliphatic hydroxyl groups is 1. The lowest BCUT2D eigenvalue weighted by Crippen LogP contribution is -2.54. The van der Waals surface area contributed by atoms with Gasteiger partial charge < -0.3 is 14.4 Å². The molecule has 1 unspecified atom stereocenters. The summed E-state index contributed by atoms with van der Waals surface area (Å²) in [6.45, 7) is 3.75. The average Bonchev–Trinajstić information content (AvgIpc) is 3.27. The summed E-state index contributed by atoms with van der Waals surface area (Å²) in [5.74, 6) is 0.189. The summed E-state index contributed by atoms with van der Waals surface area (Å²) in [6.07, 6.45) is 4.98. The molecule has 2 aliphatic rings. The molecule has 6 nitrogen and oxygen atoms in total. The van der Waals surface area contributed by atoms with E-state index in [1.54, 1.807) is 11.3 Å². The maximum atomic E-state index is 12.4. The van der Waals surface area contributed by atoms with Crippen molar-refractivity contribution in [1.29, 1.82) is 0 Å². The van der Waals surface area contributed by atoms with Crippen LogP contribution in [0.1, 0.15) is 34.7 Å². The van der Waals surface area contributed by atoms with E-state index in [0.717, 1.165) is 42.3 Å². The molecule has 0 radical (unpaired) electrons. The van der Waals surface area contributed by atoms with Crippen LogP contribution in [0.25, 0.3) is 0 Å². The molecular formula is C18H22ClN3O3S. The molecular weight excluding hydrogens is 374 g/mol. The van der Waals surface area contributed by atoms with Crippen LogP contribution in [0, 0.1) is 5.41 Å². The molecule has 4 heterocycles. The zero-order valence-electron chi connectivity index (χ0n) is 14.4. The molecule has 2 aliphatic heterocycles. The third-order valence-corrected chi connectivity index (χ3v) is 6.88. The quantitative estimate of drug-likeness (QED) is 0.865. The number of aliphatic hydroxyl groups excluding tert-OH is 1. The fourth-order valence-corrected chi connectivity index (χ4v) is 5.39. The molecule has 2 aromatic rings. The Hall–Kier alpha value is -1.41. The van der Waals surface area contributed by atoms with Crippen molar-refractivity contribution in [2.24, 2.45) is 5.41 Å². The molecule has 8 heteroatoms. The Bertz CT molecular complexity index is 756. The maximum Gasteiger partial charge on any atom is 0.291 e. The number of amides is 1. The van der Waals surface area contributed by atoms with Crippen LogP contribution < -0.4 is 0 Å². The van der Waals surface area contributed by atoms with Crippen molar-refractivity contribution in [1.82, 2.24) is 14.8 Å². The molecule has 26 heavy (non-hydrogen) atoms. The van der Waals surface area contributed by atoms with Gasteiger partial charge in [0, 0.05) is 37.6 Å². The Morgan fingerprint density at radius 3 is 2.92 bits per heavy atom. The molecule has 1 spiro atoms. The van der Waals surface area contributed by atoms with Gasteiger partial charge in [0.1, 0.15) is 0 Å². The van der Waals surface area contributed by atoms with Gasteiger partial charge in [0.05, 0.1) is 17.3 Å². The van der Waals surface area contributed by atoms with Crippen LogP contribution in [0.3, 0.4) is 0 Å². The van der Waals surface area contributed by atoms with E-state index in [1.165, 1.54) is 12.6 Å². The van der Waals surface area contributed by atoms with Crippen LogP contribution in [0.4, 0.5) is 0 Å². The molecule has 0 aliphatic carbocycles. The Kier molecular flexibility index (Phi) is 5.05. The van der Waals surface area contributed by atoms with E-state index in [2.05, 4.69) is 9.88 Å². The second-order valence-electron chi connectivity index (χ2n) is 7.38. The Labute approximate surface area is 161 Å². The van der Waals surface area contributed by atoms with Gasteiger partial charge in [0.15, 0.2) is 6.39 Å².